The largest absolute Gasteiger partial charge is 0.331 e. The molecule has 0 unspecified atom stereocenters. The maximum atomic E-state index is 10.8. The van der Waals surface area contributed by atoms with E-state index in [9.17, 15) is 4.79 Å². The molecular weight excluding hydrogens is 224 g/mol. The van der Waals surface area contributed by atoms with Crippen molar-refractivity contribution in [2.24, 2.45) is 7.05 Å². The summed E-state index contributed by atoms with van der Waals surface area (Å²) in [5.41, 5.74) is 2.38. The lowest BCUT2D eigenvalue weighted by molar-refractivity contribution is 0.112. The van der Waals surface area contributed by atoms with E-state index in [1.54, 1.807) is 6.07 Å². The highest BCUT2D eigenvalue weighted by Crippen LogP contribution is 2.40. The van der Waals surface area contributed by atoms with E-state index >= 15 is 0 Å². The zero-order chi connectivity index (χ0) is 11.3. The van der Waals surface area contributed by atoms with Crippen LogP contribution in [0, 0.1) is 0 Å². The number of rotatable bonds is 2. The molecule has 0 N–H and O–H groups in total. The van der Waals surface area contributed by atoms with Gasteiger partial charge in [-0.05, 0) is 25.0 Å². The molecule has 0 bridgehead atoms. The van der Waals surface area contributed by atoms with Gasteiger partial charge in [-0.1, -0.05) is 11.6 Å². The number of aryl methyl sites for hydroxylation is 1. The molecule has 1 aromatic carbocycles. The summed E-state index contributed by atoms with van der Waals surface area (Å²) in [4.78, 5) is 15.4. The minimum absolute atomic E-state index is 0.475. The van der Waals surface area contributed by atoms with Crippen LogP contribution in [0.3, 0.4) is 0 Å². The Kier molecular flexibility index (Phi) is 2.04. The standard InChI is InChI=1S/C12H11ClN2O/c1-15-11-4-8(6-16)9(13)5-10(11)14-12(15)7-2-3-7/h4-7H,2-3H2,1H3. The van der Waals surface area contributed by atoms with Crippen LogP contribution in [-0.4, -0.2) is 15.8 Å². The number of imidazole rings is 1. The molecule has 4 heteroatoms. The van der Waals surface area contributed by atoms with E-state index in [0.29, 0.717) is 16.5 Å². The van der Waals surface area contributed by atoms with Gasteiger partial charge in [-0.2, -0.15) is 0 Å². The molecule has 2 aromatic rings. The van der Waals surface area contributed by atoms with Crippen molar-refractivity contribution in [3.63, 3.8) is 0 Å². The first kappa shape index (κ1) is 9.85. The maximum Gasteiger partial charge on any atom is 0.151 e. The van der Waals surface area contributed by atoms with E-state index in [2.05, 4.69) is 9.55 Å². The van der Waals surface area contributed by atoms with Gasteiger partial charge < -0.3 is 4.57 Å². The molecule has 3 rings (SSSR count). The molecule has 0 radical (unpaired) electrons. The van der Waals surface area contributed by atoms with E-state index in [4.69, 9.17) is 11.6 Å². The summed E-state index contributed by atoms with van der Waals surface area (Å²) in [6, 6.07) is 3.58. The quantitative estimate of drug-likeness (QED) is 0.749. The first-order chi connectivity index (χ1) is 7.70. The van der Waals surface area contributed by atoms with Crippen molar-refractivity contribution in [1.82, 2.24) is 9.55 Å². The Labute approximate surface area is 98.0 Å². The van der Waals surface area contributed by atoms with Gasteiger partial charge in [-0.15, -0.1) is 0 Å². The lowest BCUT2D eigenvalue weighted by Gasteiger charge is -2.00. The molecule has 0 saturated heterocycles. The summed E-state index contributed by atoms with van der Waals surface area (Å²) < 4.78 is 2.07. The predicted molar refractivity (Wildman–Crippen MR) is 63.1 cm³/mol. The lowest BCUT2D eigenvalue weighted by Crippen LogP contribution is -1.95. The summed E-state index contributed by atoms with van der Waals surface area (Å²) in [5.74, 6) is 1.70. The van der Waals surface area contributed by atoms with Gasteiger partial charge in [-0.3, -0.25) is 4.79 Å². The molecule has 82 valence electrons. The summed E-state index contributed by atoms with van der Waals surface area (Å²) in [6.07, 6.45) is 3.21. The van der Waals surface area contributed by atoms with E-state index in [0.717, 1.165) is 23.1 Å². The Bertz CT molecular complexity index is 584. The SMILES string of the molecule is Cn1c(C2CC2)nc2cc(Cl)c(C=O)cc21. The molecule has 3 nitrogen and oxygen atoms in total. The van der Waals surface area contributed by atoms with Gasteiger partial charge in [0, 0.05) is 18.5 Å². The first-order valence-corrected chi connectivity index (χ1v) is 5.69. The van der Waals surface area contributed by atoms with Gasteiger partial charge in [0.2, 0.25) is 0 Å². The van der Waals surface area contributed by atoms with Gasteiger partial charge in [0.05, 0.1) is 16.1 Å². The van der Waals surface area contributed by atoms with Crippen molar-refractivity contribution in [1.29, 1.82) is 0 Å². The van der Waals surface area contributed by atoms with Crippen molar-refractivity contribution >= 4 is 28.9 Å². The van der Waals surface area contributed by atoms with Gasteiger partial charge in [0.25, 0.3) is 0 Å². The van der Waals surface area contributed by atoms with Crippen molar-refractivity contribution in [3.05, 3.63) is 28.5 Å². The van der Waals surface area contributed by atoms with Gasteiger partial charge in [-0.25, -0.2) is 4.98 Å². The third kappa shape index (κ3) is 1.35. The van der Waals surface area contributed by atoms with Crippen LogP contribution in [0.4, 0.5) is 0 Å². The molecule has 1 fully saturated rings. The topological polar surface area (TPSA) is 34.9 Å². The zero-order valence-electron chi connectivity index (χ0n) is 8.90. The minimum atomic E-state index is 0.475. The highest BCUT2D eigenvalue weighted by molar-refractivity contribution is 6.33. The van der Waals surface area contributed by atoms with E-state index < -0.39 is 0 Å². The van der Waals surface area contributed by atoms with Crippen LogP contribution in [0.25, 0.3) is 11.0 Å². The number of fused-ring (bicyclic) bond motifs is 1. The van der Waals surface area contributed by atoms with Crippen molar-refractivity contribution < 1.29 is 4.79 Å². The van der Waals surface area contributed by atoms with E-state index in [1.807, 2.05) is 13.1 Å². The van der Waals surface area contributed by atoms with E-state index in [1.165, 1.54) is 12.8 Å². The Morgan fingerprint density at radius 1 is 1.50 bits per heavy atom. The number of nitrogens with zero attached hydrogens (tertiary/aromatic N) is 2. The second-order valence-electron chi connectivity index (χ2n) is 4.28. The zero-order valence-corrected chi connectivity index (χ0v) is 9.66. The third-order valence-corrected chi connectivity index (χ3v) is 3.43. The van der Waals surface area contributed by atoms with Crippen LogP contribution >= 0.6 is 11.6 Å². The second kappa shape index (κ2) is 3.32. The highest BCUT2D eigenvalue weighted by Gasteiger charge is 2.28. The number of carbonyl (C=O) groups is 1. The Hall–Kier alpha value is -1.35. The summed E-state index contributed by atoms with van der Waals surface area (Å²) in [5, 5.41) is 0.475. The van der Waals surface area contributed by atoms with Crippen LogP contribution in [0.15, 0.2) is 12.1 Å². The average Bonchev–Trinajstić information content (AvgIpc) is 3.05. The number of carbonyl (C=O) groups excluding carboxylic acids is 1. The smallest absolute Gasteiger partial charge is 0.151 e. The normalized spacial score (nSPS) is 15.6. The number of aldehydes is 1. The second-order valence-corrected chi connectivity index (χ2v) is 4.69. The van der Waals surface area contributed by atoms with Crippen molar-refractivity contribution in [2.45, 2.75) is 18.8 Å². The molecule has 0 spiro atoms. The van der Waals surface area contributed by atoms with Crippen LogP contribution in [0.2, 0.25) is 5.02 Å². The first-order valence-electron chi connectivity index (χ1n) is 5.31. The number of aromatic nitrogens is 2. The maximum absolute atomic E-state index is 10.8. The summed E-state index contributed by atoms with van der Waals surface area (Å²) >= 11 is 5.98. The number of benzene rings is 1. The molecule has 1 heterocycles. The molecule has 16 heavy (non-hydrogen) atoms. The average molecular weight is 235 g/mol. The fourth-order valence-electron chi connectivity index (χ4n) is 2.04. The van der Waals surface area contributed by atoms with Crippen LogP contribution in [0.5, 0.6) is 0 Å². The highest BCUT2D eigenvalue weighted by atomic mass is 35.5. The Balaban J connectivity index is 2.28. The molecule has 1 saturated carbocycles. The van der Waals surface area contributed by atoms with Gasteiger partial charge in [0.15, 0.2) is 6.29 Å². The lowest BCUT2D eigenvalue weighted by atomic mass is 10.2. The third-order valence-electron chi connectivity index (χ3n) is 3.10. The Morgan fingerprint density at radius 2 is 2.25 bits per heavy atom. The molecule has 0 amide bonds. The minimum Gasteiger partial charge on any atom is -0.331 e. The fraction of sp³-hybridized carbons (Fsp3) is 0.333. The van der Waals surface area contributed by atoms with Gasteiger partial charge in [0.1, 0.15) is 5.82 Å². The van der Waals surface area contributed by atoms with E-state index in [-0.39, 0.29) is 0 Å². The molecule has 1 aromatic heterocycles. The van der Waals surface area contributed by atoms with Gasteiger partial charge >= 0.3 is 0 Å². The van der Waals surface area contributed by atoms with Crippen molar-refractivity contribution in [2.75, 3.05) is 0 Å². The Morgan fingerprint density at radius 3 is 2.88 bits per heavy atom. The number of hydrogen-bond donors (Lipinski definition) is 0. The molecule has 0 atom stereocenters. The number of hydrogen-bond acceptors (Lipinski definition) is 2. The summed E-state index contributed by atoms with van der Waals surface area (Å²) in [7, 11) is 1.99. The monoisotopic (exact) mass is 234 g/mol. The van der Waals surface area contributed by atoms with Crippen LogP contribution in [0.1, 0.15) is 34.9 Å². The fourth-order valence-corrected chi connectivity index (χ4v) is 2.25. The van der Waals surface area contributed by atoms with Crippen molar-refractivity contribution in [3.8, 4) is 0 Å². The number of halogens is 1. The molecule has 1 aliphatic carbocycles. The van der Waals surface area contributed by atoms with Crippen LogP contribution < -0.4 is 0 Å². The predicted octanol–water partition coefficient (Wildman–Crippen LogP) is 2.92. The molecule has 0 aliphatic heterocycles. The van der Waals surface area contributed by atoms with Crippen LogP contribution in [-0.2, 0) is 7.05 Å². The molecular formula is C12H11ClN2O. The molecule has 1 aliphatic rings. The summed E-state index contributed by atoms with van der Waals surface area (Å²) in [6.45, 7) is 0.